The van der Waals surface area contributed by atoms with Crippen LogP contribution in [-0.2, 0) is 4.79 Å². The summed E-state index contributed by atoms with van der Waals surface area (Å²) in [6.07, 6.45) is 5.21. The third-order valence-electron chi connectivity index (χ3n) is 4.62. The van der Waals surface area contributed by atoms with E-state index in [0.29, 0.717) is 18.6 Å². The molecule has 0 amide bonds. The van der Waals surface area contributed by atoms with Crippen LogP contribution in [-0.4, -0.2) is 27.1 Å². The number of rotatable bonds is 5. The Morgan fingerprint density at radius 3 is 2.17 bits per heavy atom. The van der Waals surface area contributed by atoms with Crippen molar-refractivity contribution in [3.63, 3.8) is 0 Å². The van der Waals surface area contributed by atoms with Crippen molar-refractivity contribution in [1.82, 2.24) is 0 Å². The lowest BCUT2D eigenvalue weighted by Gasteiger charge is -2.33. The number of benzene rings is 1. The summed E-state index contributed by atoms with van der Waals surface area (Å²) in [5.74, 6) is 2.31. The molecule has 0 radical (unpaired) electrons. The minimum atomic E-state index is -0.189. The molecule has 0 heterocycles. The van der Waals surface area contributed by atoms with Gasteiger partial charge in [0.25, 0.3) is 0 Å². The lowest BCUT2D eigenvalue weighted by atomic mass is 9.73. The molecule has 4 heteroatoms. The Hall–Kier alpha value is -1.97. The van der Waals surface area contributed by atoms with Gasteiger partial charge in [0.05, 0.1) is 27.2 Å². The van der Waals surface area contributed by atoms with Crippen molar-refractivity contribution in [2.45, 2.75) is 45.4 Å². The molecule has 1 aromatic rings. The van der Waals surface area contributed by atoms with Crippen LogP contribution in [0.5, 0.6) is 17.2 Å². The molecule has 0 saturated carbocycles. The molecule has 4 nitrogen and oxygen atoms in total. The van der Waals surface area contributed by atoms with Gasteiger partial charge in [0.15, 0.2) is 11.5 Å². The molecule has 1 aliphatic rings. The van der Waals surface area contributed by atoms with Gasteiger partial charge in [0.2, 0.25) is 0 Å². The summed E-state index contributed by atoms with van der Waals surface area (Å²) in [6, 6.07) is 0. The summed E-state index contributed by atoms with van der Waals surface area (Å²) < 4.78 is 16.9. The largest absolute Gasteiger partial charge is 0.496 e. The fourth-order valence-corrected chi connectivity index (χ4v) is 3.62. The Bertz CT molecular complexity index is 631. The van der Waals surface area contributed by atoms with Gasteiger partial charge in [0.1, 0.15) is 11.5 Å². The minimum Gasteiger partial charge on any atom is -0.496 e. The standard InChI is InChI=1S/C19H26O4/c1-7-8-9-13-14(20)10-11(2)15-16(13)17(21-4)12(3)18(22-5)19(15)23-6/h7-8,11,13H,9-10H2,1-6H3/b8-7+/t11-,13-/m0/s1. The number of allylic oxidation sites excluding steroid dienone is 2. The maximum absolute atomic E-state index is 12.6. The second kappa shape index (κ2) is 7.07. The van der Waals surface area contributed by atoms with E-state index >= 15 is 0 Å². The molecule has 0 fully saturated rings. The van der Waals surface area contributed by atoms with E-state index in [1.54, 1.807) is 21.3 Å². The zero-order chi connectivity index (χ0) is 17.1. The number of fused-ring (bicyclic) bond motifs is 1. The van der Waals surface area contributed by atoms with Gasteiger partial charge in [0, 0.05) is 23.1 Å². The molecule has 0 unspecified atom stereocenters. The van der Waals surface area contributed by atoms with Gasteiger partial charge < -0.3 is 14.2 Å². The quantitative estimate of drug-likeness (QED) is 0.765. The van der Waals surface area contributed by atoms with Gasteiger partial charge in [-0.3, -0.25) is 4.79 Å². The number of Topliss-reactive ketones (excluding diaryl/α,β-unsaturated/α-hetero) is 1. The topological polar surface area (TPSA) is 44.8 Å². The summed E-state index contributed by atoms with van der Waals surface area (Å²) in [4.78, 5) is 12.6. The van der Waals surface area contributed by atoms with Gasteiger partial charge in [-0.1, -0.05) is 19.1 Å². The van der Waals surface area contributed by atoms with Crippen LogP contribution in [0, 0.1) is 6.92 Å². The minimum absolute atomic E-state index is 0.0812. The monoisotopic (exact) mass is 318 g/mol. The molecule has 1 aliphatic carbocycles. The van der Waals surface area contributed by atoms with Crippen molar-refractivity contribution in [2.24, 2.45) is 0 Å². The number of ketones is 1. The zero-order valence-corrected chi connectivity index (χ0v) is 14.9. The highest BCUT2D eigenvalue weighted by molar-refractivity contribution is 5.91. The van der Waals surface area contributed by atoms with Crippen molar-refractivity contribution in [1.29, 1.82) is 0 Å². The first-order valence-corrected chi connectivity index (χ1v) is 7.97. The Morgan fingerprint density at radius 2 is 1.65 bits per heavy atom. The first kappa shape index (κ1) is 17.4. The Kier molecular flexibility index (Phi) is 5.34. The Labute approximate surface area is 138 Å². The van der Waals surface area contributed by atoms with Gasteiger partial charge in [-0.2, -0.15) is 0 Å². The second-order valence-electron chi connectivity index (χ2n) is 5.98. The van der Waals surface area contributed by atoms with Crippen LogP contribution in [0.3, 0.4) is 0 Å². The number of ether oxygens (including phenoxy) is 3. The van der Waals surface area contributed by atoms with Crippen LogP contribution in [0.2, 0.25) is 0 Å². The summed E-state index contributed by atoms with van der Waals surface area (Å²) >= 11 is 0. The molecule has 0 aliphatic heterocycles. The van der Waals surface area contributed by atoms with Crippen LogP contribution in [0.1, 0.15) is 55.2 Å². The summed E-state index contributed by atoms with van der Waals surface area (Å²) in [6.45, 7) is 5.96. The van der Waals surface area contributed by atoms with E-state index in [4.69, 9.17) is 14.2 Å². The second-order valence-corrected chi connectivity index (χ2v) is 5.98. The summed E-state index contributed by atoms with van der Waals surface area (Å²) in [5.41, 5.74) is 2.88. The summed E-state index contributed by atoms with van der Waals surface area (Å²) in [5, 5.41) is 0. The zero-order valence-electron chi connectivity index (χ0n) is 14.9. The average molecular weight is 318 g/mol. The molecule has 0 spiro atoms. The number of hydrogen-bond donors (Lipinski definition) is 0. The normalized spacial score (nSPS) is 20.5. The number of carbonyl (C=O) groups excluding carboxylic acids is 1. The number of hydrogen-bond acceptors (Lipinski definition) is 4. The maximum Gasteiger partial charge on any atom is 0.167 e. The molecule has 126 valence electrons. The third kappa shape index (κ3) is 2.82. The van der Waals surface area contributed by atoms with Crippen LogP contribution in [0.4, 0.5) is 0 Å². The van der Waals surface area contributed by atoms with Crippen LogP contribution in [0.25, 0.3) is 0 Å². The predicted molar refractivity (Wildman–Crippen MR) is 91.0 cm³/mol. The van der Waals surface area contributed by atoms with Crippen molar-refractivity contribution < 1.29 is 19.0 Å². The van der Waals surface area contributed by atoms with Crippen LogP contribution in [0.15, 0.2) is 12.2 Å². The van der Waals surface area contributed by atoms with Crippen LogP contribution < -0.4 is 14.2 Å². The fraction of sp³-hybridized carbons (Fsp3) is 0.526. The molecule has 0 N–H and O–H groups in total. The molecular weight excluding hydrogens is 292 g/mol. The van der Waals surface area contributed by atoms with Crippen molar-refractivity contribution in [3.05, 3.63) is 28.8 Å². The summed E-state index contributed by atoms with van der Waals surface area (Å²) in [7, 11) is 4.92. The molecule has 0 bridgehead atoms. The molecule has 2 rings (SSSR count). The van der Waals surface area contributed by atoms with E-state index in [2.05, 4.69) is 6.92 Å². The van der Waals surface area contributed by atoms with Crippen molar-refractivity contribution in [3.8, 4) is 17.2 Å². The van der Waals surface area contributed by atoms with E-state index < -0.39 is 0 Å². The Morgan fingerprint density at radius 1 is 1.04 bits per heavy atom. The number of carbonyl (C=O) groups is 1. The highest BCUT2D eigenvalue weighted by Gasteiger charge is 2.38. The molecule has 23 heavy (non-hydrogen) atoms. The van der Waals surface area contributed by atoms with Crippen molar-refractivity contribution >= 4 is 5.78 Å². The van der Waals surface area contributed by atoms with Crippen LogP contribution >= 0.6 is 0 Å². The fourth-order valence-electron chi connectivity index (χ4n) is 3.62. The SMILES string of the molecule is C/C=C/C[C@H]1C(=O)C[C@H](C)c2c(OC)c(OC)c(C)c(OC)c21. The Balaban J connectivity index is 2.82. The van der Waals surface area contributed by atoms with Gasteiger partial charge in [-0.25, -0.2) is 0 Å². The predicted octanol–water partition coefficient (Wildman–Crippen LogP) is 4.15. The van der Waals surface area contributed by atoms with Gasteiger partial charge in [-0.15, -0.1) is 0 Å². The van der Waals surface area contributed by atoms with E-state index in [1.165, 1.54) is 0 Å². The lowest BCUT2D eigenvalue weighted by molar-refractivity contribution is -0.121. The molecule has 1 aromatic carbocycles. The molecule has 2 atom stereocenters. The average Bonchev–Trinajstić information content (AvgIpc) is 2.53. The molecule has 0 saturated heterocycles. The number of methoxy groups -OCH3 is 3. The molecular formula is C19H26O4. The van der Waals surface area contributed by atoms with Gasteiger partial charge in [-0.05, 0) is 26.2 Å². The smallest absolute Gasteiger partial charge is 0.167 e. The maximum atomic E-state index is 12.6. The first-order valence-electron chi connectivity index (χ1n) is 7.97. The highest BCUT2D eigenvalue weighted by atomic mass is 16.5. The van der Waals surface area contributed by atoms with Crippen molar-refractivity contribution in [2.75, 3.05) is 21.3 Å². The van der Waals surface area contributed by atoms with E-state index in [-0.39, 0.29) is 17.6 Å². The van der Waals surface area contributed by atoms with Gasteiger partial charge >= 0.3 is 0 Å². The third-order valence-corrected chi connectivity index (χ3v) is 4.62. The molecule has 0 aromatic heterocycles. The highest BCUT2D eigenvalue weighted by Crippen LogP contribution is 2.53. The first-order chi connectivity index (χ1) is 11.0. The van der Waals surface area contributed by atoms with E-state index in [9.17, 15) is 4.79 Å². The van der Waals surface area contributed by atoms with E-state index in [0.717, 1.165) is 28.2 Å². The lowest BCUT2D eigenvalue weighted by Crippen LogP contribution is -2.24. The van der Waals surface area contributed by atoms with E-state index in [1.807, 2.05) is 26.0 Å².